The van der Waals surface area contributed by atoms with Gasteiger partial charge in [0.2, 0.25) is 5.91 Å². The first-order valence-electron chi connectivity index (χ1n) is 10.4. The van der Waals surface area contributed by atoms with Gasteiger partial charge in [0, 0.05) is 5.69 Å². The average molecular weight is 415 g/mol. The van der Waals surface area contributed by atoms with Crippen molar-refractivity contribution in [1.82, 2.24) is 4.90 Å². The van der Waals surface area contributed by atoms with Crippen LogP contribution in [0.3, 0.4) is 0 Å². The van der Waals surface area contributed by atoms with Crippen LogP contribution in [0, 0.1) is 19.8 Å². The number of aryl methyl sites for hydroxylation is 2. The summed E-state index contributed by atoms with van der Waals surface area (Å²) in [5, 5.41) is 11.1. The lowest BCUT2D eigenvalue weighted by atomic mass is 9.93. The summed E-state index contributed by atoms with van der Waals surface area (Å²) in [6, 6.07) is 24.2. The van der Waals surface area contributed by atoms with E-state index < -0.39 is 18.2 Å². The third kappa shape index (κ3) is 4.37. The summed E-state index contributed by atoms with van der Waals surface area (Å²) in [5.74, 6) is -1.11. The van der Waals surface area contributed by atoms with Crippen LogP contribution in [0.1, 0.15) is 22.3 Å². The number of carbonyl (C=O) groups excluding carboxylic acids is 2. The fraction of sp³-hybridized carbons (Fsp3) is 0.231. The number of anilines is 1. The van der Waals surface area contributed by atoms with Crippen LogP contribution in [0.2, 0.25) is 0 Å². The molecule has 1 aliphatic rings. The third-order valence-electron chi connectivity index (χ3n) is 5.72. The van der Waals surface area contributed by atoms with Crippen molar-refractivity contribution < 1.29 is 14.7 Å². The number of hydrogen-bond acceptors (Lipinski definition) is 3. The molecule has 5 heteroatoms. The Morgan fingerprint density at radius 2 is 1.35 bits per heavy atom. The molecule has 1 aliphatic heterocycles. The molecule has 3 amide bonds. The van der Waals surface area contributed by atoms with Gasteiger partial charge in [0.15, 0.2) is 0 Å². The number of benzene rings is 3. The van der Waals surface area contributed by atoms with Crippen LogP contribution in [-0.4, -0.2) is 28.2 Å². The van der Waals surface area contributed by atoms with Crippen LogP contribution < -0.4 is 4.90 Å². The molecule has 0 spiro atoms. The molecule has 1 heterocycles. The smallest absolute Gasteiger partial charge is 0.333 e. The van der Waals surface area contributed by atoms with Gasteiger partial charge in [-0.15, -0.1) is 0 Å². The second-order valence-corrected chi connectivity index (χ2v) is 8.11. The molecule has 0 radical (unpaired) electrons. The van der Waals surface area contributed by atoms with Crippen molar-refractivity contribution in [2.75, 3.05) is 4.90 Å². The second kappa shape index (κ2) is 8.74. The summed E-state index contributed by atoms with van der Waals surface area (Å²) < 4.78 is 0. The average Bonchev–Trinajstić information content (AvgIpc) is 2.78. The molecule has 1 fully saturated rings. The number of urea groups is 1. The summed E-state index contributed by atoms with van der Waals surface area (Å²) in [6.07, 6.45) is -0.891. The Hall–Kier alpha value is -3.44. The number of rotatable bonds is 5. The maximum Gasteiger partial charge on any atom is 0.333 e. The highest BCUT2D eigenvalue weighted by atomic mass is 16.3. The van der Waals surface area contributed by atoms with Crippen molar-refractivity contribution >= 4 is 17.6 Å². The Balaban J connectivity index is 1.70. The van der Waals surface area contributed by atoms with Gasteiger partial charge in [-0.25, -0.2) is 4.79 Å². The Kier molecular flexibility index (Phi) is 5.87. The van der Waals surface area contributed by atoms with Crippen molar-refractivity contribution in [2.45, 2.75) is 33.0 Å². The molecule has 1 N–H and O–H groups in total. The fourth-order valence-electron chi connectivity index (χ4n) is 3.90. The van der Waals surface area contributed by atoms with E-state index in [0.29, 0.717) is 12.1 Å². The number of carbonyl (C=O) groups is 2. The minimum absolute atomic E-state index is 0.165. The summed E-state index contributed by atoms with van der Waals surface area (Å²) in [7, 11) is 0. The zero-order chi connectivity index (χ0) is 22.0. The van der Waals surface area contributed by atoms with E-state index in [1.54, 1.807) is 12.1 Å². The van der Waals surface area contributed by atoms with Crippen molar-refractivity contribution in [3.05, 3.63) is 101 Å². The van der Waals surface area contributed by atoms with Gasteiger partial charge in [0.05, 0.1) is 12.5 Å². The molecule has 0 aromatic heterocycles. The molecule has 0 saturated carbocycles. The zero-order valence-corrected chi connectivity index (χ0v) is 17.7. The van der Waals surface area contributed by atoms with E-state index in [4.69, 9.17) is 0 Å². The second-order valence-electron chi connectivity index (χ2n) is 8.11. The van der Waals surface area contributed by atoms with Gasteiger partial charge in [-0.05, 0) is 43.5 Å². The van der Waals surface area contributed by atoms with E-state index in [1.807, 2.05) is 80.6 Å². The summed E-state index contributed by atoms with van der Waals surface area (Å²) in [5.41, 5.74) is 4.54. The van der Waals surface area contributed by atoms with Crippen molar-refractivity contribution in [1.29, 1.82) is 0 Å². The fourth-order valence-corrected chi connectivity index (χ4v) is 3.90. The molecule has 3 aromatic carbocycles. The van der Waals surface area contributed by atoms with Gasteiger partial charge >= 0.3 is 6.03 Å². The van der Waals surface area contributed by atoms with Crippen molar-refractivity contribution in [2.24, 2.45) is 5.92 Å². The maximum atomic E-state index is 13.4. The van der Waals surface area contributed by atoms with E-state index in [2.05, 4.69) is 0 Å². The summed E-state index contributed by atoms with van der Waals surface area (Å²) in [6.45, 7) is 4.12. The van der Waals surface area contributed by atoms with Crippen LogP contribution in [0.4, 0.5) is 10.5 Å². The molecule has 0 bridgehead atoms. The Morgan fingerprint density at radius 1 is 0.774 bits per heavy atom. The Labute approximate surface area is 182 Å². The number of imide groups is 1. The van der Waals surface area contributed by atoms with Crippen LogP contribution in [-0.2, 0) is 17.8 Å². The number of aliphatic hydroxyl groups excluding tert-OH is 1. The molecule has 158 valence electrons. The molecule has 0 aliphatic carbocycles. The van der Waals surface area contributed by atoms with Gasteiger partial charge in [-0.2, -0.15) is 0 Å². The predicted molar refractivity (Wildman–Crippen MR) is 120 cm³/mol. The quantitative estimate of drug-likeness (QED) is 0.671. The maximum absolute atomic E-state index is 13.4. The molecular weight excluding hydrogens is 388 g/mol. The lowest BCUT2D eigenvalue weighted by Crippen LogP contribution is -2.62. The van der Waals surface area contributed by atoms with Gasteiger partial charge < -0.3 is 5.11 Å². The topological polar surface area (TPSA) is 60.9 Å². The van der Waals surface area contributed by atoms with Gasteiger partial charge in [-0.3, -0.25) is 14.6 Å². The zero-order valence-electron chi connectivity index (χ0n) is 17.7. The van der Waals surface area contributed by atoms with Gasteiger partial charge in [-0.1, -0.05) is 77.9 Å². The lowest BCUT2D eigenvalue weighted by Gasteiger charge is -2.42. The molecule has 31 heavy (non-hydrogen) atoms. The number of hydrogen-bond donors (Lipinski definition) is 1. The molecule has 4 rings (SSSR count). The highest BCUT2D eigenvalue weighted by Gasteiger charge is 2.46. The first-order valence-corrected chi connectivity index (χ1v) is 10.4. The first kappa shape index (κ1) is 20.8. The van der Waals surface area contributed by atoms with Crippen LogP contribution in [0.25, 0.3) is 0 Å². The van der Waals surface area contributed by atoms with Crippen molar-refractivity contribution in [3.8, 4) is 0 Å². The molecule has 5 nitrogen and oxygen atoms in total. The number of nitrogens with zero attached hydrogens (tertiary/aromatic N) is 2. The Bertz CT molecular complexity index is 1060. The molecule has 1 saturated heterocycles. The summed E-state index contributed by atoms with van der Waals surface area (Å²) in [4.78, 5) is 29.3. The van der Waals surface area contributed by atoms with E-state index in [-0.39, 0.29) is 12.5 Å². The van der Waals surface area contributed by atoms with E-state index in [1.165, 1.54) is 9.80 Å². The molecule has 2 unspecified atom stereocenters. The van der Waals surface area contributed by atoms with Crippen molar-refractivity contribution in [3.63, 3.8) is 0 Å². The highest BCUT2D eigenvalue weighted by molar-refractivity contribution is 6.07. The molecule has 2 atom stereocenters. The first-order chi connectivity index (χ1) is 14.9. The van der Waals surface area contributed by atoms with Gasteiger partial charge in [0.25, 0.3) is 0 Å². The van der Waals surface area contributed by atoms with E-state index in [9.17, 15) is 14.7 Å². The Morgan fingerprint density at radius 3 is 1.97 bits per heavy atom. The van der Waals surface area contributed by atoms with Crippen LogP contribution in [0.15, 0.2) is 78.9 Å². The monoisotopic (exact) mass is 414 g/mol. The molecular formula is C26H26N2O3. The van der Waals surface area contributed by atoms with Crippen LogP contribution >= 0.6 is 0 Å². The van der Waals surface area contributed by atoms with E-state index in [0.717, 1.165) is 22.3 Å². The molecule has 3 aromatic rings. The highest BCUT2D eigenvalue weighted by Crippen LogP contribution is 2.31. The number of amides is 3. The lowest BCUT2D eigenvalue weighted by molar-refractivity contribution is -0.139. The SMILES string of the molecule is Cc1ccc(CN2C(=O)C(Cc3ccccc3)C(O)N(c3ccc(C)cc3)C2=O)cc1. The third-order valence-corrected chi connectivity index (χ3v) is 5.72. The van der Waals surface area contributed by atoms with Gasteiger partial charge in [0.1, 0.15) is 6.23 Å². The van der Waals surface area contributed by atoms with E-state index >= 15 is 0 Å². The largest absolute Gasteiger partial charge is 0.372 e. The predicted octanol–water partition coefficient (Wildman–Crippen LogP) is 4.45. The minimum Gasteiger partial charge on any atom is -0.372 e. The summed E-state index contributed by atoms with van der Waals surface area (Å²) >= 11 is 0. The number of aliphatic hydroxyl groups is 1. The van der Waals surface area contributed by atoms with Crippen LogP contribution in [0.5, 0.6) is 0 Å². The minimum atomic E-state index is -1.24. The standard InChI is InChI=1S/C26H26N2O3/c1-18-8-12-21(13-9-18)17-27-24(29)23(16-20-6-4-3-5-7-20)25(30)28(26(27)31)22-14-10-19(2)11-15-22/h3-15,23,25,30H,16-17H2,1-2H3. The normalized spacial score (nSPS) is 19.1.